The van der Waals surface area contributed by atoms with Crippen LogP contribution in [-0.2, 0) is 16.0 Å². The van der Waals surface area contributed by atoms with E-state index in [0.717, 1.165) is 0 Å². The number of para-hydroxylation sites is 1. The molecule has 0 aromatic heterocycles. The summed E-state index contributed by atoms with van der Waals surface area (Å²) in [6.45, 7) is 0.901. The highest BCUT2D eigenvalue weighted by molar-refractivity contribution is 6.20. The summed E-state index contributed by atoms with van der Waals surface area (Å²) in [5, 5.41) is 15.6. The van der Waals surface area contributed by atoms with E-state index in [9.17, 15) is 28.9 Å². The number of nitrogens with one attached hydrogen (secondary N) is 2. The van der Waals surface area contributed by atoms with E-state index in [1.54, 1.807) is 29.2 Å². The van der Waals surface area contributed by atoms with E-state index in [1.165, 1.54) is 18.2 Å². The van der Waals surface area contributed by atoms with Crippen molar-refractivity contribution in [2.45, 2.75) is 12.5 Å². The van der Waals surface area contributed by atoms with Gasteiger partial charge in [-0.15, -0.1) is 0 Å². The number of non-ortho nitro benzene ring substituents is 1. The highest BCUT2D eigenvalue weighted by atomic mass is 19.1. The van der Waals surface area contributed by atoms with E-state index < -0.39 is 40.0 Å². The number of urea groups is 1. The number of piperazine rings is 1. The molecule has 5 rings (SSSR count). The Labute approximate surface area is 181 Å². The van der Waals surface area contributed by atoms with E-state index in [1.807, 2.05) is 4.90 Å². The minimum Gasteiger partial charge on any atom is -0.365 e. The molecule has 3 aliphatic rings. The Morgan fingerprint density at radius 2 is 1.75 bits per heavy atom. The number of imide groups is 2. The number of hydrogen-bond donors (Lipinski definition) is 2. The molecule has 2 aromatic carbocycles. The number of benzene rings is 2. The molecule has 11 heteroatoms. The van der Waals surface area contributed by atoms with Crippen molar-refractivity contribution in [3.8, 4) is 0 Å². The lowest BCUT2D eigenvalue weighted by Gasteiger charge is -2.54. The van der Waals surface area contributed by atoms with Crippen LogP contribution in [0.15, 0.2) is 42.5 Å². The fourth-order valence-corrected chi connectivity index (χ4v) is 4.97. The van der Waals surface area contributed by atoms with Crippen LogP contribution < -0.4 is 20.4 Å². The summed E-state index contributed by atoms with van der Waals surface area (Å²) >= 11 is 0. The molecule has 164 valence electrons. The van der Waals surface area contributed by atoms with Crippen LogP contribution in [0.3, 0.4) is 0 Å². The number of nitro benzene ring substituents is 1. The zero-order valence-corrected chi connectivity index (χ0v) is 16.7. The van der Waals surface area contributed by atoms with Crippen LogP contribution in [0.4, 0.5) is 26.2 Å². The number of rotatable bonds is 2. The van der Waals surface area contributed by atoms with E-state index in [0.29, 0.717) is 30.0 Å². The van der Waals surface area contributed by atoms with E-state index >= 15 is 0 Å². The molecule has 3 aliphatic heterocycles. The standard InChI is InChI=1S/C21H18FN5O5/c22-14-3-1-2-4-16(14)25-7-8-26-15-6-5-13(27(31)32)9-12(15)10-21(17(26)11-25)18(28)23-20(30)24-19(21)29/h1-6,9,17H,7-8,10-11H2,(H2,23,24,28,29,30)/t17-/m0/s1. The lowest BCUT2D eigenvalue weighted by Crippen LogP contribution is -2.74. The number of fused-ring (bicyclic) bond motifs is 4. The molecular formula is C21H18FN5O5. The quantitative estimate of drug-likeness (QED) is 0.411. The van der Waals surface area contributed by atoms with Crippen LogP contribution in [0, 0.1) is 21.3 Å². The molecular weight excluding hydrogens is 421 g/mol. The van der Waals surface area contributed by atoms with Crippen molar-refractivity contribution in [1.82, 2.24) is 10.6 Å². The smallest absolute Gasteiger partial charge is 0.328 e. The van der Waals surface area contributed by atoms with Gasteiger partial charge in [0.2, 0.25) is 11.8 Å². The van der Waals surface area contributed by atoms with Gasteiger partial charge in [0.1, 0.15) is 5.82 Å². The summed E-state index contributed by atoms with van der Waals surface area (Å²) in [5.74, 6) is -1.96. The fourth-order valence-electron chi connectivity index (χ4n) is 4.97. The zero-order valence-electron chi connectivity index (χ0n) is 16.7. The molecule has 4 amide bonds. The maximum atomic E-state index is 14.5. The molecule has 0 unspecified atom stereocenters. The molecule has 2 aromatic rings. The van der Waals surface area contributed by atoms with Gasteiger partial charge in [-0.1, -0.05) is 12.1 Å². The van der Waals surface area contributed by atoms with Gasteiger partial charge in [-0.05, 0) is 23.8 Å². The van der Waals surface area contributed by atoms with Crippen LogP contribution in [-0.4, -0.2) is 48.4 Å². The molecule has 3 heterocycles. The Morgan fingerprint density at radius 1 is 1.03 bits per heavy atom. The SMILES string of the molecule is O=C1NC(=O)C2(Cc3cc([N+](=O)[O-])ccc3N3CCN(c4ccccc4F)C[C@H]32)C(=O)N1. The number of halogens is 1. The average Bonchev–Trinajstić information content (AvgIpc) is 2.76. The largest absolute Gasteiger partial charge is 0.365 e. The predicted molar refractivity (Wildman–Crippen MR) is 111 cm³/mol. The summed E-state index contributed by atoms with van der Waals surface area (Å²) in [4.78, 5) is 52.4. The number of amides is 4. The van der Waals surface area contributed by atoms with Crippen LogP contribution >= 0.6 is 0 Å². The third-order valence-electron chi connectivity index (χ3n) is 6.46. The molecule has 0 bridgehead atoms. The van der Waals surface area contributed by atoms with Crippen LogP contribution in [0.1, 0.15) is 5.56 Å². The summed E-state index contributed by atoms with van der Waals surface area (Å²) in [5.41, 5.74) is -0.369. The first-order chi connectivity index (χ1) is 15.3. The maximum absolute atomic E-state index is 14.5. The van der Waals surface area contributed by atoms with Gasteiger partial charge in [0.25, 0.3) is 5.69 Å². The van der Waals surface area contributed by atoms with E-state index in [2.05, 4.69) is 10.6 Å². The third-order valence-corrected chi connectivity index (χ3v) is 6.46. The molecule has 2 fully saturated rings. The first kappa shape index (κ1) is 19.9. The normalized spacial score (nSPS) is 21.5. The summed E-state index contributed by atoms with van der Waals surface area (Å²) < 4.78 is 14.5. The Morgan fingerprint density at radius 3 is 2.44 bits per heavy atom. The van der Waals surface area contributed by atoms with Crippen molar-refractivity contribution in [2.75, 3.05) is 29.4 Å². The predicted octanol–water partition coefficient (Wildman–Crippen LogP) is 1.34. The first-order valence-corrected chi connectivity index (χ1v) is 10.0. The fraction of sp³-hybridized carbons (Fsp3) is 0.286. The third kappa shape index (κ3) is 2.81. The molecule has 0 aliphatic carbocycles. The first-order valence-electron chi connectivity index (χ1n) is 10.0. The van der Waals surface area contributed by atoms with Crippen molar-refractivity contribution in [3.63, 3.8) is 0 Å². The molecule has 10 nitrogen and oxygen atoms in total. The van der Waals surface area contributed by atoms with Crippen molar-refractivity contribution >= 4 is 34.9 Å². The molecule has 0 radical (unpaired) electrons. The van der Waals surface area contributed by atoms with Crippen LogP contribution in [0.2, 0.25) is 0 Å². The number of anilines is 2. The van der Waals surface area contributed by atoms with Crippen LogP contribution in [0.25, 0.3) is 0 Å². The minimum atomic E-state index is -1.71. The minimum absolute atomic E-state index is 0.124. The zero-order chi connectivity index (χ0) is 22.6. The van der Waals surface area contributed by atoms with Crippen molar-refractivity contribution in [3.05, 3.63) is 64.0 Å². The Bertz CT molecular complexity index is 1160. The van der Waals surface area contributed by atoms with E-state index in [4.69, 9.17) is 0 Å². The average molecular weight is 439 g/mol. The number of nitro groups is 1. The Hall–Kier alpha value is -4.02. The van der Waals surface area contributed by atoms with Crippen molar-refractivity contribution < 1.29 is 23.7 Å². The van der Waals surface area contributed by atoms with Crippen molar-refractivity contribution in [2.24, 2.45) is 5.41 Å². The number of hydrogen-bond acceptors (Lipinski definition) is 7. The second-order valence-electron chi connectivity index (χ2n) is 8.06. The molecule has 32 heavy (non-hydrogen) atoms. The second-order valence-corrected chi connectivity index (χ2v) is 8.06. The van der Waals surface area contributed by atoms with Gasteiger partial charge in [0.15, 0.2) is 5.41 Å². The maximum Gasteiger partial charge on any atom is 0.328 e. The van der Waals surface area contributed by atoms with Gasteiger partial charge >= 0.3 is 6.03 Å². The number of carbonyl (C=O) groups excluding carboxylic acids is 3. The molecule has 1 atom stereocenters. The number of nitrogens with zero attached hydrogens (tertiary/aromatic N) is 3. The summed E-state index contributed by atoms with van der Waals surface area (Å²) in [6, 6.07) is 8.95. The molecule has 2 N–H and O–H groups in total. The van der Waals surface area contributed by atoms with E-state index in [-0.39, 0.29) is 18.7 Å². The molecule has 2 saturated heterocycles. The van der Waals surface area contributed by atoms with Gasteiger partial charge in [-0.25, -0.2) is 9.18 Å². The highest BCUT2D eigenvalue weighted by Gasteiger charge is 2.61. The van der Waals surface area contributed by atoms with Gasteiger partial charge in [0.05, 0.1) is 16.7 Å². The Kier molecular flexibility index (Phi) is 4.36. The van der Waals surface area contributed by atoms with Gasteiger partial charge in [-0.2, -0.15) is 0 Å². The molecule has 0 saturated carbocycles. The van der Waals surface area contributed by atoms with Gasteiger partial charge in [0, 0.05) is 43.9 Å². The summed E-state index contributed by atoms with van der Waals surface area (Å²) in [7, 11) is 0. The Balaban J connectivity index is 1.63. The van der Waals surface area contributed by atoms with Crippen LogP contribution in [0.5, 0.6) is 0 Å². The number of carbonyl (C=O) groups is 3. The monoisotopic (exact) mass is 439 g/mol. The second kappa shape index (κ2) is 7.01. The lowest BCUT2D eigenvalue weighted by molar-refractivity contribution is -0.384. The van der Waals surface area contributed by atoms with Crippen molar-refractivity contribution in [1.29, 1.82) is 0 Å². The lowest BCUT2D eigenvalue weighted by atomic mass is 9.68. The topological polar surface area (TPSA) is 125 Å². The summed E-state index contributed by atoms with van der Waals surface area (Å²) in [6.07, 6.45) is -0.124. The number of barbiturate groups is 1. The van der Waals surface area contributed by atoms with Gasteiger partial charge < -0.3 is 9.80 Å². The van der Waals surface area contributed by atoms with Gasteiger partial charge in [-0.3, -0.25) is 30.3 Å². The highest BCUT2D eigenvalue weighted by Crippen LogP contribution is 2.45. The molecule has 1 spiro atoms.